The van der Waals surface area contributed by atoms with Gasteiger partial charge in [-0.15, -0.1) is 0 Å². The number of ether oxygens (including phenoxy) is 1. The molecule has 6 heteroatoms. The monoisotopic (exact) mass is 298 g/mol. The highest BCUT2D eigenvalue weighted by molar-refractivity contribution is 7.89. The topological polar surface area (TPSA) is 58.6 Å². The smallest absolute Gasteiger partial charge is 0.243 e. The summed E-state index contributed by atoms with van der Waals surface area (Å²) in [5, 5.41) is 3.20. The molecule has 0 saturated carbocycles. The van der Waals surface area contributed by atoms with Crippen LogP contribution in [0.25, 0.3) is 0 Å². The van der Waals surface area contributed by atoms with Crippen molar-refractivity contribution >= 4 is 10.0 Å². The Hall–Kier alpha value is -1.11. The standard InChI is InChI=1S/C14H22N2O3S/c1-10-7-13(19-4)8-11(2)14(10)20(17,18)16(3)12-5-6-15-9-12/h7-8,12,15H,5-6,9H2,1-4H3/t12-/m1/s1. The molecule has 0 radical (unpaired) electrons. The number of hydrogen-bond acceptors (Lipinski definition) is 4. The van der Waals surface area contributed by atoms with E-state index in [1.54, 1.807) is 26.3 Å². The Labute approximate surface area is 121 Å². The fourth-order valence-electron chi connectivity index (χ4n) is 2.73. The van der Waals surface area contributed by atoms with E-state index in [1.165, 1.54) is 4.31 Å². The molecule has 1 N–H and O–H groups in total. The molecule has 112 valence electrons. The van der Waals surface area contributed by atoms with Crippen molar-refractivity contribution in [3.05, 3.63) is 23.3 Å². The quantitative estimate of drug-likeness (QED) is 0.910. The van der Waals surface area contributed by atoms with Crippen LogP contribution in [0, 0.1) is 13.8 Å². The van der Waals surface area contributed by atoms with Crippen LogP contribution >= 0.6 is 0 Å². The molecule has 1 fully saturated rings. The molecule has 0 bridgehead atoms. The maximum absolute atomic E-state index is 12.8. The molecule has 20 heavy (non-hydrogen) atoms. The van der Waals surface area contributed by atoms with Gasteiger partial charge in [0.15, 0.2) is 0 Å². The van der Waals surface area contributed by atoms with Crippen LogP contribution in [0.3, 0.4) is 0 Å². The van der Waals surface area contributed by atoms with Gasteiger partial charge < -0.3 is 10.1 Å². The summed E-state index contributed by atoms with van der Waals surface area (Å²) in [5.41, 5.74) is 1.44. The van der Waals surface area contributed by atoms with Crippen molar-refractivity contribution in [1.29, 1.82) is 0 Å². The lowest BCUT2D eigenvalue weighted by Gasteiger charge is -2.25. The molecule has 0 aromatic heterocycles. The van der Waals surface area contributed by atoms with E-state index in [-0.39, 0.29) is 6.04 Å². The van der Waals surface area contributed by atoms with E-state index < -0.39 is 10.0 Å². The van der Waals surface area contributed by atoms with Gasteiger partial charge >= 0.3 is 0 Å². The molecule has 1 aliphatic heterocycles. The zero-order chi connectivity index (χ0) is 14.9. The Kier molecular flexibility index (Phi) is 4.36. The number of aryl methyl sites for hydroxylation is 2. The van der Waals surface area contributed by atoms with Crippen LogP contribution in [0.2, 0.25) is 0 Å². The molecule has 0 spiro atoms. The molecule has 1 atom stereocenters. The maximum atomic E-state index is 12.8. The largest absolute Gasteiger partial charge is 0.497 e. The zero-order valence-electron chi connectivity index (χ0n) is 12.4. The molecule has 1 aromatic carbocycles. The summed E-state index contributed by atoms with van der Waals surface area (Å²) in [7, 11) is -0.226. The predicted octanol–water partition coefficient (Wildman–Crippen LogP) is 1.29. The third-order valence-corrected chi connectivity index (χ3v) is 6.07. The molecule has 0 amide bonds. The summed E-state index contributed by atoms with van der Waals surface area (Å²) in [4.78, 5) is 0.396. The van der Waals surface area contributed by atoms with Gasteiger partial charge in [-0.2, -0.15) is 4.31 Å². The molecular weight excluding hydrogens is 276 g/mol. The number of sulfonamides is 1. The van der Waals surface area contributed by atoms with Gasteiger partial charge in [0.25, 0.3) is 0 Å². The zero-order valence-corrected chi connectivity index (χ0v) is 13.3. The van der Waals surface area contributed by atoms with Gasteiger partial charge in [-0.05, 0) is 50.1 Å². The second-order valence-electron chi connectivity index (χ2n) is 5.26. The van der Waals surface area contributed by atoms with Gasteiger partial charge in [-0.25, -0.2) is 8.42 Å². The fraction of sp³-hybridized carbons (Fsp3) is 0.571. The summed E-state index contributed by atoms with van der Waals surface area (Å²) < 4.78 is 32.3. The Balaban J connectivity index is 2.43. The maximum Gasteiger partial charge on any atom is 0.243 e. The summed E-state index contributed by atoms with van der Waals surface area (Å²) in [6.45, 7) is 5.20. The van der Waals surface area contributed by atoms with Crippen LogP contribution in [-0.4, -0.2) is 46.0 Å². The summed E-state index contributed by atoms with van der Waals surface area (Å²) in [6, 6.07) is 3.56. The third kappa shape index (κ3) is 2.68. The van der Waals surface area contributed by atoms with E-state index in [9.17, 15) is 8.42 Å². The Morgan fingerprint density at radius 2 is 1.90 bits per heavy atom. The number of likely N-dealkylation sites (N-methyl/N-ethyl adjacent to an activating group) is 1. The predicted molar refractivity (Wildman–Crippen MR) is 78.7 cm³/mol. The van der Waals surface area contributed by atoms with Gasteiger partial charge in [-0.1, -0.05) is 0 Å². The second kappa shape index (κ2) is 5.71. The number of benzene rings is 1. The molecule has 1 aliphatic rings. The summed E-state index contributed by atoms with van der Waals surface area (Å²) in [5.74, 6) is 0.684. The van der Waals surface area contributed by atoms with Crippen molar-refractivity contribution in [3.63, 3.8) is 0 Å². The molecule has 0 unspecified atom stereocenters. The van der Waals surface area contributed by atoms with Crippen LogP contribution in [0.4, 0.5) is 0 Å². The number of nitrogens with zero attached hydrogens (tertiary/aromatic N) is 1. The molecular formula is C14H22N2O3S. The number of methoxy groups -OCH3 is 1. The van der Waals surface area contributed by atoms with Crippen molar-refractivity contribution < 1.29 is 13.2 Å². The van der Waals surface area contributed by atoms with Crippen LogP contribution in [-0.2, 0) is 10.0 Å². The minimum Gasteiger partial charge on any atom is -0.497 e. The van der Waals surface area contributed by atoms with E-state index in [2.05, 4.69) is 5.32 Å². The van der Waals surface area contributed by atoms with Gasteiger partial charge in [0.1, 0.15) is 5.75 Å². The van der Waals surface area contributed by atoms with E-state index in [1.807, 2.05) is 13.8 Å². The van der Waals surface area contributed by atoms with Gasteiger partial charge in [0.05, 0.1) is 12.0 Å². The molecule has 0 aliphatic carbocycles. The van der Waals surface area contributed by atoms with Crippen molar-refractivity contribution in [1.82, 2.24) is 9.62 Å². The Morgan fingerprint density at radius 1 is 1.30 bits per heavy atom. The van der Waals surface area contributed by atoms with E-state index in [0.29, 0.717) is 17.2 Å². The minimum absolute atomic E-state index is 0.0286. The SMILES string of the molecule is COc1cc(C)c(S(=O)(=O)N(C)[C@@H]2CCNC2)c(C)c1. The van der Waals surface area contributed by atoms with Crippen molar-refractivity contribution in [2.75, 3.05) is 27.2 Å². The fourth-order valence-corrected chi connectivity index (χ4v) is 4.52. The highest BCUT2D eigenvalue weighted by Gasteiger charge is 2.32. The van der Waals surface area contributed by atoms with Crippen molar-refractivity contribution in [2.24, 2.45) is 0 Å². The Morgan fingerprint density at radius 3 is 2.35 bits per heavy atom. The minimum atomic E-state index is -3.47. The molecule has 1 saturated heterocycles. The lowest BCUT2D eigenvalue weighted by Crippen LogP contribution is -2.38. The summed E-state index contributed by atoms with van der Waals surface area (Å²) >= 11 is 0. The highest BCUT2D eigenvalue weighted by atomic mass is 32.2. The van der Waals surface area contributed by atoms with Crippen molar-refractivity contribution in [2.45, 2.75) is 31.2 Å². The van der Waals surface area contributed by atoms with Gasteiger partial charge in [0, 0.05) is 19.6 Å². The highest BCUT2D eigenvalue weighted by Crippen LogP contribution is 2.29. The van der Waals surface area contributed by atoms with E-state index in [0.717, 1.165) is 24.1 Å². The van der Waals surface area contributed by atoms with E-state index in [4.69, 9.17) is 4.74 Å². The first kappa shape index (κ1) is 15.3. The normalized spacial score (nSPS) is 19.6. The second-order valence-corrected chi connectivity index (χ2v) is 7.19. The number of nitrogens with one attached hydrogen (secondary N) is 1. The molecule has 5 nitrogen and oxygen atoms in total. The molecule has 2 rings (SSSR count). The Bertz CT molecular complexity index is 569. The van der Waals surface area contributed by atoms with Crippen LogP contribution < -0.4 is 10.1 Å². The lowest BCUT2D eigenvalue weighted by atomic mass is 10.1. The van der Waals surface area contributed by atoms with Gasteiger partial charge in [0.2, 0.25) is 10.0 Å². The lowest BCUT2D eigenvalue weighted by molar-refractivity contribution is 0.386. The van der Waals surface area contributed by atoms with Crippen LogP contribution in [0.5, 0.6) is 5.75 Å². The number of rotatable bonds is 4. The van der Waals surface area contributed by atoms with Crippen LogP contribution in [0.15, 0.2) is 17.0 Å². The first-order valence-corrected chi connectivity index (χ1v) is 8.16. The van der Waals surface area contributed by atoms with Gasteiger partial charge in [-0.3, -0.25) is 0 Å². The third-order valence-electron chi connectivity index (χ3n) is 3.86. The number of hydrogen-bond donors (Lipinski definition) is 1. The van der Waals surface area contributed by atoms with Crippen LogP contribution in [0.1, 0.15) is 17.5 Å². The molecule has 1 aromatic rings. The average molecular weight is 298 g/mol. The first-order chi connectivity index (χ1) is 9.37. The summed E-state index contributed by atoms with van der Waals surface area (Å²) in [6.07, 6.45) is 0.851. The molecule has 1 heterocycles. The average Bonchev–Trinajstić information content (AvgIpc) is 2.90. The van der Waals surface area contributed by atoms with E-state index >= 15 is 0 Å². The first-order valence-electron chi connectivity index (χ1n) is 6.72. The van der Waals surface area contributed by atoms with Crippen molar-refractivity contribution in [3.8, 4) is 5.75 Å².